The Balaban J connectivity index is 1.98. The largest absolute Gasteiger partial charge is 0.383 e. The highest BCUT2D eigenvalue weighted by Gasteiger charge is 2.60. The predicted molar refractivity (Wildman–Crippen MR) is 66.8 cm³/mol. The highest BCUT2D eigenvalue weighted by atomic mass is 19.3. The molecule has 1 fully saturated rings. The Bertz CT molecular complexity index is 484. The maximum absolute atomic E-state index is 13.8. The van der Waals surface area contributed by atoms with Crippen LogP contribution in [-0.4, -0.2) is 22.5 Å². The first-order valence-corrected chi connectivity index (χ1v) is 6.29. The van der Waals surface area contributed by atoms with Gasteiger partial charge in [-0.15, -0.1) is 0 Å². The summed E-state index contributed by atoms with van der Waals surface area (Å²) in [4.78, 5) is 11.5. The van der Waals surface area contributed by atoms with Crippen LogP contribution < -0.4 is 5.32 Å². The first kappa shape index (κ1) is 13.9. The average Bonchev–Trinajstić information content (AvgIpc) is 2.32. The molecule has 5 heteroatoms. The number of halogens is 2. The molecule has 0 bridgehead atoms. The molecule has 1 saturated carbocycles. The number of carbonyl (C=O) groups is 1. The molecule has 3 nitrogen and oxygen atoms in total. The number of hydrogen-bond donors (Lipinski definition) is 2. The Morgan fingerprint density at radius 1 is 1.47 bits per heavy atom. The molecule has 0 saturated heterocycles. The van der Waals surface area contributed by atoms with Crippen LogP contribution in [0.25, 0.3) is 0 Å². The van der Waals surface area contributed by atoms with Gasteiger partial charge < -0.3 is 10.4 Å². The third kappa shape index (κ3) is 2.61. The number of alkyl halides is 2. The van der Waals surface area contributed by atoms with Crippen LogP contribution in [0.1, 0.15) is 30.4 Å². The van der Waals surface area contributed by atoms with Gasteiger partial charge in [0, 0.05) is 6.54 Å². The van der Waals surface area contributed by atoms with E-state index in [0.29, 0.717) is 6.42 Å². The van der Waals surface area contributed by atoms with Gasteiger partial charge in [0.2, 0.25) is 0 Å². The fourth-order valence-corrected chi connectivity index (χ4v) is 2.15. The second kappa shape index (κ2) is 4.89. The van der Waals surface area contributed by atoms with Gasteiger partial charge in [0.25, 0.3) is 5.91 Å². The number of aliphatic hydroxyl groups is 1. The van der Waals surface area contributed by atoms with Gasteiger partial charge in [-0.3, -0.25) is 4.79 Å². The van der Waals surface area contributed by atoms with Gasteiger partial charge in [0.05, 0.1) is 0 Å². The van der Waals surface area contributed by atoms with E-state index in [1.807, 2.05) is 19.1 Å². The number of carbonyl (C=O) groups excluding carboxylic acids is 1. The third-order valence-electron chi connectivity index (χ3n) is 3.59. The number of amides is 1. The molecular weight excluding hydrogens is 252 g/mol. The van der Waals surface area contributed by atoms with Gasteiger partial charge in [-0.2, -0.15) is 8.78 Å². The van der Waals surface area contributed by atoms with E-state index in [-0.39, 0.29) is 19.4 Å². The molecule has 2 N–H and O–H groups in total. The lowest BCUT2D eigenvalue weighted by Gasteiger charge is -2.41. The summed E-state index contributed by atoms with van der Waals surface area (Å²) in [6, 6.07) is 7.26. The van der Waals surface area contributed by atoms with Crippen molar-refractivity contribution in [3.05, 3.63) is 35.4 Å². The lowest BCUT2D eigenvalue weighted by molar-refractivity contribution is -0.216. The number of benzene rings is 1. The molecular formula is C14H17F2NO2. The van der Waals surface area contributed by atoms with Crippen molar-refractivity contribution < 1.29 is 18.7 Å². The molecule has 1 aliphatic rings. The van der Waals surface area contributed by atoms with Crippen molar-refractivity contribution in [1.82, 2.24) is 5.32 Å². The summed E-state index contributed by atoms with van der Waals surface area (Å²) in [5, 5.41) is 11.8. The number of nitrogens with one attached hydrogen (secondary N) is 1. The number of rotatable bonds is 4. The van der Waals surface area contributed by atoms with Crippen molar-refractivity contribution in [2.75, 3.05) is 0 Å². The van der Waals surface area contributed by atoms with Crippen LogP contribution in [-0.2, 0) is 11.3 Å². The van der Waals surface area contributed by atoms with Crippen molar-refractivity contribution in [3.63, 3.8) is 0 Å². The standard InChI is InChI=1S/C14H17F2NO2/c1-10-4-2-5-11(8-10)9-17-12(18)14(15,16)13(19)6-3-7-13/h2,4-5,8,19H,3,6-7,9H2,1H3,(H,17,18). The van der Waals surface area contributed by atoms with Crippen LogP contribution in [0.4, 0.5) is 8.78 Å². The van der Waals surface area contributed by atoms with E-state index >= 15 is 0 Å². The Morgan fingerprint density at radius 2 is 2.16 bits per heavy atom. The minimum Gasteiger partial charge on any atom is -0.383 e. The smallest absolute Gasteiger partial charge is 0.352 e. The fourth-order valence-electron chi connectivity index (χ4n) is 2.15. The molecule has 2 rings (SSSR count). The topological polar surface area (TPSA) is 49.3 Å². The van der Waals surface area contributed by atoms with Gasteiger partial charge in [-0.25, -0.2) is 0 Å². The highest BCUT2D eigenvalue weighted by Crippen LogP contribution is 2.44. The first-order valence-electron chi connectivity index (χ1n) is 6.29. The molecule has 0 radical (unpaired) electrons. The first-order chi connectivity index (χ1) is 8.85. The molecule has 1 aliphatic carbocycles. The molecule has 0 spiro atoms. The monoisotopic (exact) mass is 269 g/mol. The SMILES string of the molecule is Cc1cccc(CNC(=O)C(F)(F)C2(O)CCC2)c1. The average molecular weight is 269 g/mol. The summed E-state index contributed by atoms with van der Waals surface area (Å²) in [7, 11) is 0. The zero-order valence-corrected chi connectivity index (χ0v) is 10.7. The van der Waals surface area contributed by atoms with E-state index in [9.17, 15) is 18.7 Å². The summed E-state index contributed by atoms with van der Waals surface area (Å²) in [5.74, 6) is -5.13. The second-order valence-corrected chi connectivity index (χ2v) is 5.13. The molecule has 1 aromatic carbocycles. The van der Waals surface area contributed by atoms with Crippen LogP contribution in [0.2, 0.25) is 0 Å². The zero-order valence-electron chi connectivity index (χ0n) is 10.7. The summed E-state index contributed by atoms with van der Waals surface area (Å²) in [5.41, 5.74) is -0.412. The van der Waals surface area contributed by atoms with Gasteiger partial charge in [-0.1, -0.05) is 29.8 Å². The minimum atomic E-state index is -3.73. The Morgan fingerprint density at radius 3 is 2.68 bits per heavy atom. The van der Waals surface area contributed by atoms with E-state index < -0.39 is 17.4 Å². The number of aryl methyl sites for hydroxylation is 1. The van der Waals surface area contributed by atoms with Crippen molar-refractivity contribution in [2.24, 2.45) is 0 Å². The molecule has 0 atom stereocenters. The molecule has 1 aromatic rings. The predicted octanol–water partition coefficient (Wildman–Crippen LogP) is 2.16. The molecule has 0 heterocycles. The maximum Gasteiger partial charge on any atom is 0.352 e. The lowest BCUT2D eigenvalue weighted by Crippen LogP contribution is -2.60. The van der Waals surface area contributed by atoms with E-state index in [1.54, 1.807) is 12.1 Å². The van der Waals surface area contributed by atoms with Crippen molar-refractivity contribution in [3.8, 4) is 0 Å². The van der Waals surface area contributed by atoms with Crippen molar-refractivity contribution in [2.45, 2.75) is 44.3 Å². The maximum atomic E-state index is 13.8. The van der Waals surface area contributed by atoms with E-state index in [2.05, 4.69) is 5.32 Å². The van der Waals surface area contributed by atoms with Crippen LogP contribution in [0.5, 0.6) is 0 Å². The second-order valence-electron chi connectivity index (χ2n) is 5.13. The van der Waals surface area contributed by atoms with Gasteiger partial charge in [0.15, 0.2) is 0 Å². The summed E-state index contributed by atoms with van der Waals surface area (Å²) < 4.78 is 27.5. The molecule has 0 aromatic heterocycles. The number of hydrogen-bond acceptors (Lipinski definition) is 2. The minimum absolute atomic E-state index is 0.0299. The third-order valence-corrected chi connectivity index (χ3v) is 3.59. The van der Waals surface area contributed by atoms with Gasteiger partial charge >= 0.3 is 5.92 Å². The van der Waals surface area contributed by atoms with E-state index in [0.717, 1.165) is 11.1 Å². The van der Waals surface area contributed by atoms with E-state index in [1.165, 1.54) is 0 Å². The fraction of sp³-hybridized carbons (Fsp3) is 0.500. The van der Waals surface area contributed by atoms with Crippen molar-refractivity contribution in [1.29, 1.82) is 0 Å². The highest BCUT2D eigenvalue weighted by molar-refractivity contribution is 5.85. The zero-order chi connectivity index (χ0) is 14.1. The van der Waals surface area contributed by atoms with Gasteiger partial charge in [0.1, 0.15) is 5.60 Å². The van der Waals surface area contributed by atoms with Crippen LogP contribution in [0.15, 0.2) is 24.3 Å². The lowest BCUT2D eigenvalue weighted by atomic mass is 9.75. The van der Waals surface area contributed by atoms with Crippen LogP contribution in [0.3, 0.4) is 0 Å². The molecule has 0 unspecified atom stereocenters. The Hall–Kier alpha value is -1.49. The summed E-state index contributed by atoms with van der Waals surface area (Å²) in [6.07, 6.45) is 0.465. The van der Waals surface area contributed by atoms with Crippen molar-refractivity contribution >= 4 is 5.91 Å². The summed E-state index contributed by atoms with van der Waals surface area (Å²) in [6.45, 7) is 1.92. The molecule has 104 valence electrons. The molecule has 1 amide bonds. The van der Waals surface area contributed by atoms with Crippen LogP contribution in [0, 0.1) is 6.92 Å². The van der Waals surface area contributed by atoms with E-state index in [4.69, 9.17) is 0 Å². The Kier molecular flexibility index (Phi) is 3.58. The quantitative estimate of drug-likeness (QED) is 0.880. The summed E-state index contributed by atoms with van der Waals surface area (Å²) >= 11 is 0. The normalized spacial score (nSPS) is 17.7. The van der Waals surface area contributed by atoms with Gasteiger partial charge in [-0.05, 0) is 31.7 Å². The molecule has 19 heavy (non-hydrogen) atoms. The Labute approximate surface area is 110 Å². The van der Waals surface area contributed by atoms with Crippen LogP contribution >= 0.6 is 0 Å². The molecule has 0 aliphatic heterocycles.